The SMILES string of the molecule is COc1cc(CNC(=O)Nc2ccc(F)c(F)c2)ccn1. The Hall–Kier alpha value is -2.70. The average Bonchev–Trinajstić information content (AvgIpc) is 2.49. The Kier molecular flexibility index (Phi) is 4.65. The lowest BCUT2D eigenvalue weighted by molar-refractivity contribution is 0.251. The molecule has 5 nitrogen and oxygen atoms in total. The van der Waals surface area contributed by atoms with Crippen molar-refractivity contribution in [1.82, 2.24) is 10.3 Å². The molecule has 0 aliphatic rings. The highest BCUT2D eigenvalue weighted by Gasteiger charge is 2.06. The molecule has 2 aromatic rings. The molecule has 0 unspecified atom stereocenters. The average molecular weight is 293 g/mol. The molecule has 0 saturated carbocycles. The highest BCUT2D eigenvalue weighted by atomic mass is 19.2. The summed E-state index contributed by atoms with van der Waals surface area (Å²) in [6.07, 6.45) is 1.56. The third-order valence-corrected chi connectivity index (χ3v) is 2.64. The van der Waals surface area contributed by atoms with Crippen LogP contribution in [-0.2, 0) is 6.54 Å². The van der Waals surface area contributed by atoms with Crippen LogP contribution in [0.5, 0.6) is 5.88 Å². The van der Waals surface area contributed by atoms with E-state index in [1.807, 2.05) is 0 Å². The van der Waals surface area contributed by atoms with Crippen molar-refractivity contribution in [1.29, 1.82) is 0 Å². The number of urea groups is 1. The van der Waals surface area contributed by atoms with Crippen LogP contribution < -0.4 is 15.4 Å². The van der Waals surface area contributed by atoms with Crippen molar-refractivity contribution in [2.45, 2.75) is 6.54 Å². The zero-order valence-electron chi connectivity index (χ0n) is 11.2. The number of pyridine rings is 1. The van der Waals surface area contributed by atoms with Crippen molar-refractivity contribution < 1.29 is 18.3 Å². The molecule has 0 radical (unpaired) electrons. The van der Waals surface area contributed by atoms with Crippen molar-refractivity contribution in [3.05, 3.63) is 53.7 Å². The van der Waals surface area contributed by atoms with Gasteiger partial charge in [-0.2, -0.15) is 0 Å². The molecule has 0 aliphatic heterocycles. The highest BCUT2D eigenvalue weighted by molar-refractivity contribution is 5.89. The first kappa shape index (κ1) is 14.7. The van der Waals surface area contributed by atoms with E-state index in [0.717, 1.165) is 17.7 Å². The van der Waals surface area contributed by atoms with Crippen LogP contribution in [-0.4, -0.2) is 18.1 Å². The van der Waals surface area contributed by atoms with Gasteiger partial charge in [0.15, 0.2) is 11.6 Å². The minimum atomic E-state index is -1.02. The van der Waals surface area contributed by atoms with E-state index in [-0.39, 0.29) is 12.2 Å². The van der Waals surface area contributed by atoms with Crippen LogP contribution in [0.1, 0.15) is 5.56 Å². The summed E-state index contributed by atoms with van der Waals surface area (Å²) in [6.45, 7) is 0.244. The molecular formula is C14H13F2N3O2. The Balaban J connectivity index is 1.91. The lowest BCUT2D eigenvalue weighted by Gasteiger charge is -2.08. The Morgan fingerprint density at radius 2 is 2.05 bits per heavy atom. The van der Waals surface area contributed by atoms with E-state index in [9.17, 15) is 13.6 Å². The third kappa shape index (κ3) is 4.13. The van der Waals surface area contributed by atoms with Crippen LogP contribution in [0.2, 0.25) is 0 Å². The summed E-state index contributed by atoms with van der Waals surface area (Å²) in [5.41, 5.74) is 0.959. The molecule has 110 valence electrons. The molecule has 0 fully saturated rings. The van der Waals surface area contributed by atoms with Crippen LogP contribution in [0.15, 0.2) is 36.5 Å². The number of ether oxygens (including phenoxy) is 1. The first-order valence-electron chi connectivity index (χ1n) is 6.07. The van der Waals surface area contributed by atoms with Gasteiger partial charge in [0.2, 0.25) is 5.88 Å². The fraction of sp³-hybridized carbons (Fsp3) is 0.143. The molecule has 2 rings (SSSR count). The molecule has 1 heterocycles. The summed E-state index contributed by atoms with van der Waals surface area (Å²) >= 11 is 0. The first-order chi connectivity index (χ1) is 10.1. The molecule has 7 heteroatoms. The van der Waals surface area contributed by atoms with Crippen molar-refractivity contribution in [2.24, 2.45) is 0 Å². The Bertz CT molecular complexity index is 650. The Morgan fingerprint density at radius 3 is 2.76 bits per heavy atom. The molecule has 0 saturated heterocycles. The minimum Gasteiger partial charge on any atom is -0.481 e. The Labute approximate surface area is 120 Å². The second kappa shape index (κ2) is 6.65. The Morgan fingerprint density at radius 1 is 1.24 bits per heavy atom. The number of carbonyl (C=O) groups excluding carboxylic acids is 1. The lowest BCUT2D eigenvalue weighted by atomic mass is 10.2. The number of anilines is 1. The molecule has 21 heavy (non-hydrogen) atoms. The molecule has 0 bridgehead atoms. The van der Waals surface area contributed by atoms with Gasteiger partial charge in [0.25, 0.3) is 0 Å². The van der Waals surface area contributed by atoms with Gasteiger partial charge in [0, 0.05) is 30.6 Å². The molecule has 0 aliphatic carbocycles. The van der Waals surface area contributed by atoms with Gasteiger partial charge in [0.1, 0.15) is 0 Å². The number of halogens is 2. The van der Waals surface area contributed by atoms with Crippen LogP contribution in [0.4, 0.5) is 19.3 Å². The number of benzene rings is 1. The van der Waals surface area contributed by atoms with Gasteiger partial charge >= 0.3 is 6.03 Å². The van der Waals surface area contributed by atoms with Crippen LogP contribution in [0.3, 0.4) is 0 Å². The van der Waals surface area contributed by atoms with E-state index in [0.29, 0.717) is 5.88 Å². The van der Waals surface area contributed by atoms with E-state index in [1.54, 1.807) is 18.3 Å². The number of nitrogens with one attached hydrogen (secondary N) is 2. The maximum Gasteiger partial charge on any atom is 0.319 e. The topological polar surface area (TPSA) is 63.2 Å². The second-order valence-corrected chi connectivity index (χ2v) is 4.14. The number of rotatable bonds is 4. The van der Waals surface area contributed by atoms with Crippen LogP contribution in [0, 0.1) is 11.6 Å². The number of hydrogen-bond acceptors (Lipinski definition) is 3. The van der Waals surface area contributed by atoms with Crippen molar-refractivity contribution in [3.63, 3.8) is 0 Å². The van der Waals surface area contributed by atoms with Gasteiger partial charge in [-0.25, -0.2) is 18.6 Å². The number of nitrogens with zero attached hydrogens (tertiary/aromatic N) is 1. The molecule has 0 atom stereocenters. The largest absolute Gasteiger partial charge is 0.481 e. The van der Waals surface area contributed by atoms with Crippen LogP contribution >= 0.6 is 0 Å². The van der Waals surface area contributed by atoms with Gasteiger partial charge in [-0.1, -0.05) is 0 Å². The fourth-order valence-electron chi connectivity index (χ4n) is 1.60. The predicted octanol–water partition coefficient (Wildman–Crippen LogP) is 2.69. The standard InChI is InChI=1S/C14H13F2N3O2/c1-21-13-6-9(4-5-17-13)8-18-14(20)19-10-2-3-11(15)12(16)7-10/h2-7H,8H2,1H3,(H2,18,19,20). The number of aromatic nitrogens is 1. The summed E-state index contributed by atoms with van der Waals surface area (Å²) < 4.78 is 30.7. The normalized spacial score (nSPS) is 10.0. The predicted molar refractivity (Wildman–Crippen MR) is 73.0 cm³/mol. The van der Waals surface area contributed by atoms with Crippen molar-refractivity contribution in [3.8, 4) is 5.88 Å². The second-order valence-electron chi connectivity index (χ2n) is 4.14. The molecule has 0 spiro atoms. The number of carbonyl (C=O) groups is 1. The van der Waals surface area contributed by atoms with Crippen LogP contribution in [0.25, 0.3) is 0 Å². The van der Waals surface area contributed by atoms with Gasteiger partial charge < -0.3 is 15.4 Å². The van der Waals surface area contributed by atoms with Crippen molar-refractivity contribution >= 4 is 11.7 Å². The van der Waals surface area contributed by atoms with Gasteiger partial charge in [-0.3, -0.25) is 0 Å². The van der Waals surface area contributed by atoms with E-state index >= 15 is 0 Å². The number of methoxy groups -OCH3 is 1. The van der Waals surface area contributed by atoms with E-state index in [1.165, 1.54) is 13.2 Å². The monoisotopic (exact) mass is 293 g/mol. The molecule has 2 N–H and O–H groups in total. The summed E-state index contributed by atoms with van der Waals surface area (Å²) in [7, 11) is 1.50. The summed E-state index contributed by atoms with van der Waals surface area (Å²) in [4.78, 5) is 15.6. The van der Waals surface area contributed by atoms with Gasteiger partial charge in [-0.15, -0.1) is 0 Å². The third-order valence-electron chi connectivity index (χ3n) is 2.64. The molecule has 1 aromatic carbocycles. The van der Waals surface area contributed by atoms with Gasteiger partial charge in [0.05, 0.1) is 7.11 Å². The van der Waals surface area contributed by atoms with E-state index in [2.05, 4.69) is 15.6 Å². The van der Waals surface area contributed by atoms with E-state index < -0.39 is 17.7 Å². The number of hydrogen-bond donors (Lipinski definition) is 2. The summed E-state index contributed by atoms with van der Waals surface area (Å²) in [5.74, 6) is -1.55. The summed E-state index contributed by atoms with van der Waals surface area (Å²) in [6, 6.07) is 5.99. The maximum absolute atomic E-state index is 13.0. The summed E-state index contributed by atoms with van der Waals surface area (Å²) in [5, 5.41) is 4.99. The number of amides is 2. The maximum atomic E-state index is 13.0. The lowest BCUT2D eigenvalue weighted by Crippen LogP contribution is -2.28. The minimum absolute atomic E-state index is 0.165. The molecule has 2 amide bonds. The van der Waals surface area contributed by atoms with E-state index in [4.69, 9.17) is 4.74 Å². The van der Waals surface area contributed by atoms with Crippen molar-refractivity contribution in [2.75, 3.05) is 12.4 Å². The van der Waals surface area contributed by atoms with Gasteiger partial charge in [-0.05, 0) is 23.8 Å². The molecule has 1 aromatic heterocycles. The fourth-order valence-corrected chi connectivity index (χ4v) is 1.60. The highest BCUT2D eigenvalue weighted by Crippen LogP contribution is 2.13. The zero-order chi connectivity index (χ0) is 15.2. The zero-order valence-corrected chi connectivity index (χ0v) is 11.2. The molecular weight excluding hydrogens is 280 g/mol. The quantitative estimate of drug-likeness (QED) is 0.911. The first-order valence-corrected chi connectivity index (χ1v) is 6.07. The smallest absolute Gasteiger partial charge is 0.319 e.